The van der Waals surface area contributed by atoms with Crippen molar-refractivity contribution in [3.05, 3.63) is 66.5 Å². The summed E-state index contributed by atoms with van der Waals surface area (Å²) in [5.74, 6) is 2.63. The number of hydrogen-bond donors (Lipinski definition) is 2. The van der Waals surface area contributed by atoms with E-state index in [9.17, 15) is 4.79 Å². The van der Waals surface area contributed by atoms with Gasteiger partial charge in [0.25, 0.3) is 0 Å². The maximum atomic E-state index is 12.1. The van der Waals surface area contributed by atoms with Crippen molar-refractivity contribution in [3.8, 4) is 11.5 Å². The van der Waals surface area contributed by atoms with Crippen LogP contribution < -0.4 is 15.0 Å². The Morgan fingerprint density at radius 2 is 1.97 bits per heavy atom. The number of ether oxygens (including phenoxy) is 1. The summed E-state index contributed by atoms with van der Waals surface area (Å²) < 4.78 is 6.55. The number of amides is 1. The number of fused-ring (bicyclic) bond motifs is 2. The van der Waals surface area contributed by atoms with E-state index in [0.717, 1.165) is 51.2 Å². The third kappa shape index (κ3) is 4.81. The number of rotatable bonds is 7. The van der Waals surface area contributed by atoms with Crippen molar-refractivity contribution >= 4 is 45.2 Å². The van der Waals surface area contributed by atoms with Crippen LogP contribution >= 0.6 is 0 Å². The number of nitrogens with zero attached hydrogens (tertiary/aromatic N) is 6. The molecule has 10 heteroatoms. The molecule has 6 rings (SSSR count). The molecule has 2 N–H and O–H groups in total. The van der Waals surface area contributed by atoms with Gasteiger partial charge in [-0.2, -0.15) is 10.1 Å². The van der Waals surface area contributed by atoms with Crippen LogP contribution in [0.1, 0.15) is 18.9 Å². The fourth-order valence-corrected chi connectivity index (χ4v) is 5.02. The predicted octanol–water partition coefficient (Wildman–Crippen LogP) is 4.60. The lowest BCUT2D eigenvalue weighted by atomic mass is 10.1. The van der Waals surface area contributed by atoms with Crippen LogP contribution in [0, 0.1) is 6.92 Å². The normalized spacial score (nSPS) is 15.4. The standard InChI is InChI=1S/C29H30N8O2/c1-4-25(38)36-12-14-37(15-13-36)28-21-6-5-7-24(39-27-18(2)8-11-23-22(27)17-31-35-23)26(21)33-29(34-28)30-16-20-10-9-19(3)32-20/h4-9,11,17H,1,10,12-16H2,2-3H3,(H,31,35)(H,30,33,34). The van der Waals surface area contributed by atoms with E-state index in [4.69, 9.17) is 14.7 Å². The van der Waals surface area contributed by atoms with E-state index in [0.29, 0.717) is 49.9 Å². The smallest absolute Gasteiger partial charge is 0.246 e. The molecule has 4 heterocycles. The van der Waals surface area contributed by atoms with Gasteiger partial charge in [-0.1, -0.05) is 24.8 Å². The Morgan fingerprint density at radius 3 is 2.74 bits per heavy atom. The molecule has 2 aromatic heterocycles. The second-order valence-corrected chi connectivity index (χ2v) is 9.77. The Hall–Kier alpha value is -4.73. The van der Waals surface area contributed by atoms with Crippen molar-refractivity contribution in [1.29, 1.82) is 0 Å². The number of para-hydroxylation sites is 1. The van der Waals surface area contributed by atoms with E-state index in [1.165, 1.54) is 6.08 Å². The van der Waals surface area contributed by atoms with Crippen LogP contribution in [-0.2, 0) is 4.79 Å². The number of benzene rings is 2. The summed E-state index contributed by atoms with van der Waals surface area (Å²) in [7, 11) is 0. The van der Waals surface area contributed by atoms with Gasteiger partial charge in [0.2, 0.25) is 11.9 Å². The van der Waals surface area contributed by atoms with E-state index in [-0.39, 0.29) is 5.91 Å². The second-order valence-electron chi connectivity index (χ2n) is 9.77. The maximum absolute atomic E-state index is 12.1. The van der Waals surface area contributed by atoms with Crippen molar-refractivity contribution in [1.82, 2.24) is 25.1 Å². The van der Waals surface area contributed by atoms with Crippen LogP contribution in [-0.4, -0.2) is 69.4 Å². The fraction of sp³-hybridized carbons (Fsp3) is 0.276. The van der Waals surface area contributed by atoms with Crippen molar-refractivity contribution < 1.29 is 9.53 Å². The second kappa shape index (κ2) is 10.2. The molecule has 1 amide bonds. The molecule has 0 saturated carbocycles. The third-order valence-corrected chi connectivity index (χ3v) is 7.14. The summed E-state index contributed by atoms with van der Waals surface area (Å²) >= 11 is 0. The van der Waals surface area contributed by atoms with Crippen LogP contribution in [0.25, 0.3) is 21.8 Å². The number of aryl methyl sites for hydroxylation is 1. The van der Waals surface area contributed by atoms with Gasteiger partial charge in [-0.05, 0) is 43.7 Å². The third-order valence-electron chi connectivity index (χ3n) is 7.14. The maximum Gasteiger partial charge on any atom is 0.246 e. The van der Waals surface area contributed by atoms with Crippen LogP contribution in [0.2, 0.25) is 0 Å². The molecule has 39 heavy (non-hydrogen) atoms. The minimum atomic E-state index is -0.0507. The summed E-state index contributed by atoms with van der Waals surface area (Å²) in [6.45, 7) is 10.7. The highest BCUT2D eigenvalue weighted by Crippen LogP contribution is 2.38. The molecule has 0 bridgehead atoms. The van der Waals surface area contributed by atoms with Gasteiger partial charge in [0.15, 0.2) is 5.75 Å². The zero-order chi connectivity index (χ0) is 26.9. The summed E-state index contributed by atoms with van der Waals surface area (Å²) in [5.41, 5.74) is 4.68. The highest BCUT2D eigenvalue weighted by molar-refractivity contribution is 5.96. The topological polar surface area (TPSA) is 112 Å². The molecule has 1 fully saturated rings. The summed E-state index contributed by atoms with van der Waals surface area (Å²) in [4.78, 5) is 30.6. The zero-order valence-corrected chi connectivity index (χ0v) is 22.1. The number of aromatic nitrogens is 4. The zero-order valence-electron chi connectivity index (χ0n) is 22.1. The van der Waals surface area contributed by atoms with E-state index >= 15 is 0 Å². The average molecular weight is 523 g/mol. The lowest BCUT2D eigenvalue weighted by Gasteiger charge is -2.35. The first-order valence-corrected chi connectivity index (χ1v) is 13.0. The molecule has 1 saturated heterocycles. The number of piperazine rings is 1. The van der Waals surface area contributed by atoms with Crippen LogP contribution in [0.15, 0.2) is 65.9 Å². The highest BCUT2D eigenvalue weighted by atomic mass is 16.5. The van der Waals surface area contributed by atoms with Crippen molar-refractivity contribution in [2.24, 2.45) is 4.99 Å². The van der Waals surface area contributed by atoms with Crippen molar-refractivity contribution in [2.75, 3.05) is 42.9 Å². The lowest BCUT2D eigenvalue weighted by molar-refractivity contribution is -0.126. The lowest BCUT2D eigenvalue weighted by Crippen LogP contribution is -2.48. The fourth-order valence-electron chi connectivity index (χ4n) is 5.02. The Labute approximate surface area is 226 Å². The van der Waals surface area contributed by atoms with Gasteiger partial charge in [-0.3, -0.25) is 14.9 Å². The molecule has 0 aliphatic carbocycles. The molecule has 0 atom stereocenters. The van der Waals surface area contributed by atoms with Gasteiger partial charge in [0, 0.05) is 49.4 Å². The first-order chi connectivity index (χ1) is 19.0. The molecule has 0 radical (unpaired) electrons. The number of aromatic amines is 1. The molecule has 0 spiro atoms. The minimum Gasteiger partial charge on any atom is -0.454 e. The van der Waals surface area contributed by atoms with E-state index in [1.807, 2.05) is 49.1 Å². The van der Waals surface area contributed by atoms with E-state index < -0.39 is 0 Å². The SMILES string of the molecule is C=CC(=O)N1CCN(c2nc(NCC3=NC(C)=CC3)nc3c(Oc4c(C)ccc5[nH]ncc45)cccc23)CC1. The van der Waals surface area contributed by atoms with Gasteiger partial charge in [-0.25, -0.2) is 4.98 Å². The molecule has 4 aromatic rings. The molecule has 0 unspecified atom stereocenters. The predicted molar refractivity (Wildman–Crippen MR) is 154 cm³/mol. The Bertz CT molecular complexity index is 1650. The van der Waals surface area contributed by atoms with Crippen LogP contribution in [0.5, 0.6) is 11.5 Å². The molecular weight excluding hydrogens is 492 g/mol. The number of nitrogens with one attached hydrogen (secondary N) is 2. The summed E-state index contributed by atoms with van der Waals surface area (Å²) in [6.07, 6.45) is 6.07. The largest absolute Gasteiger partial charge is 0.454 e. The van der Waals surface area contributed by atoms with Crippen LogP contribution in [0.3, 0.4) is 0 Å². The average Bonchev–Trinajstić information content (AvgIpc) is 3.61. The van der Waals surface area contributed by atoms with Gasteiger partial charge in [0.1, 0.15) is 17.1 Å². The number of hydrogen-bond acceptors (Lipinski definition) is 8. The number of carbonyl (C=O) groups excluding carboxylic acids is 1. The quantitative estimate of drug-likeness (QED) is 0.341. The van der Waals surface area contributed by atoms with Gasteiger partial charge >= 0.3 is 0 Å². The molecule has 10 nitrogen and oxygen atoms in total. The molecular formula is C29H30N8O2. The highest BCUT2D eigenvalue weighted by Gasteiger charge is 2.24. The van der Waals surface area contributed by atoms with Gasteiger partial charge < -0.3 is 19.9 Å². The summed E-state index contributed by atoms with van der Waals surface area (Å²) in [6, 6.07) is 9.91. The van der Waals surface area contributed by atoms with Gasteiger partial charge in [0.05, 0.1) is 23.6 Å². The molecule has 198 valence electrons. The number of carbonyl (C=O) groups is 1. The monoisotopic (exact) mass is 522 g/mol. The van der Waals surface area contributed by atoms with E-state index in [1.54, 1.807) is 6.20 Å². The number of aliphatic imine (C=N–C) groups is 1. The molecule has 2 aliphatic heterocycles. The minimum absolute atomic E-state index is 0.0507. The van der Waals surface area contributed by atoms with E-state index in [2.05, 4.69) is 38.1 Å². The molecule has 2 aliphatic rings. The van der Waals surface area contributed by atoms with Crippen molar-refractivity contribution in [2.45, 2.75) is 20.3 Å². The van der Waals surface area contributed by atoms with Gasteiger partial charge in [-0.15, -0.1) is 0 Å². The number of H-pyrrole nitrogens is 1. The van der Waals surface area contributed by atoms with Crippen molar-refractivity contribution in [3.63, 3.8) is 0 Å². The molecule has 2 aromatic carbocycles. The Morgan fingerprint density at radius 1 is 1.13 bits per heavy atom. The Kier molecular flexibility index (Phi) is 6.44. The van der Waals surface area contributed by atoms with Crippen LogP contribution in [0.4, 0.5) is 11.8 Å². The Balaban J connectivity index is 1.39. The first kappa shape index (κ1) is 24.6. The summed E-state index contributed by atoms with van der Waals surface area (Å²) in [5, 5.41) is 12.4. The number of anilines is 2. The first-order valence-electron chi connectivity index (χ1n) is 13.0. The number of allylic oxidation sites excluding steroid dienone is 2.